The molecule has 0 heterocycles. The third kappa shape index (κ3) is 16.9. The Morgan fingerprint density at radius 3 is 1.60 bits per heavy atom. The standard InChI is InChI=1S/K.Mo.H3O4P.2O.V.H/c;;1-5(2,3)4;;;;/h;;(H3,1,2,3,4);;;;/q;;;;;+1;/p-1. The van der Waals surface area contributed by atoms with E-state index >= 15 is 0 Å². The number of rotatable bonds is 2. The van der Waals surface area contributed by atoms with Crippen LogP contribution in [0.4, 0.5) is 0 Å². The zero-order valence-corrected chi connectivity index (χ0v) is 8.13. The molecule has 0 spiro atoms. The van der Waals surface area contributed by atoms with Crippen LogP contribution in [0, 0.1) is 0 Å². The van der Waals surface area contributed by atoms with Crippen molar-refractivity contribution in [1.82, 2.24) is 0 Å². The SMILES string of the molecule is [KH].[Mo].[O]=[V](=[O])[O]P(=O)(O)O. The summed E-state index contributed by atoms with van der Waals surface area (Å²) in [6.45, 7) is 0. The van der Waals surface area contributed by atoms with Crippen molar-refractivity contribution in [1.29, 1.82) is 0 Å². The fraction of sp³-hybridized carbons (Fsp3) is 0. The molecule has 2 N–H and O–H groups in total. The molecule has 0 atom stereocenters. The summed E-state index contributed by atoms with van der Waals surface area (Å²) >= 11 is -4.12. The van der Waals surface area contributed by atoms with Crippen LogP contribution in [0.25, 0.3) is 0 Å². The second-order valence-electron chi connectivity index (χ2n) is 0.796. The summed E-state index contributed by atoms with van der Waals surface area (Å²) in [4.78, 5) is 15.4. The summed E-state index contributed by atoms with van der Waals surface area (Å²) in [5.74, 6) is 0. The van der Waals surface area contributed by atoms with Crippen LogP contribution in [0.1, 0.15) is 0 Å². The Labute approximate surface area is 118 Å². The maximum absolute atomic E-state index is 9.55. The van der Waals surface area contributed by atoms with Crippen LogP contribution in [0.3, 0.4) is 0 Å². The van der Waals surface area contributed by atoms with Gasteiger partial charge in [-0.25, -0.2) is 0 Å². The van der Waals surface area contributed by atoms with Crippen LogP contribution in [0.15, 0.2) is 0 Å². The van der Waals surface area contributed by atoms with Gasteiger partial charge in [0.25, 0.3) is 0 Å². The normalized spacial score (nSPS) is 9.00. The molecule has 0 aliphatic carbocycles. The van der Waals surface area contributed by atoms with Crippen molar-refractivity contribution in [2.45, 2.75) is 0 Å². The van der Waals surface area contributed by atoms with Gasteiger partial charge in [-0.3, -0.25) is 0 Å². The van der Waals surface area contributed by atoms with E-state index in [2.05, 4.69) is 3.45 Å². The van der Waals surface area contributed by atoms with Crippen molar-refractivity contribution in [3.63, 3.8) is 0 Å². The molecule has 6 nitrogen and oxygen atoms in total. The van der Waals surface area contributed by atoms with E-state index in [4.69, 9.17) is 9.79 Å². The van der Waals surface area contributed by atoms with E-state index in [1.807, 2.05) is 0 Å². The number of hydrogen-bond donors (Lipinski definition) is 2. The molecule has 0 aliphatic heterocycles. The van der Waals surface area contributed by atoms with E-state index in [0.29, 0.717) is 0 Å². The Kier molecular flexibility index (Phi) is 15.1. The molecule has 0 fully saturated rings. The van der Waals surface area contributed by atoms with Crippen molar-refractivity contribution in [3.8, 4) is 0 Å². The van der Waals surface area contributed by atoms with Crippen LogP contribution in [0.5, 0.6) is 0 Å². The predicted octanol–water partition coefficient (Wildman–Crippen LogP) is -1.33. The molecule has 56 valence electrons. The molecule has 0 amide bonds. The average molecular weight is 316 g/mol. The first-order valence-electron chi connectivity index (χ1n) is 1.31. The van der Waals surface area contributed by atoms with Gasteiger partial charge >= 0.3 is 99.8 Å². The van der Waals surface area contributed by atoms with Gasteiger partial charge in [-0.1, -0.05) is 0 Å². The summed E-state index contributed by atoms with van der Waals surface area (Å²) in [6.07, 6.45) is 0. The van der Waals surface area contributed by atoms with Crippen molar-refractivity contribution >= 4 is 59.2 Å². The van der Waals surface area contributed by atoms with Crippen molar-refractivity contribution in [2.24, 2.45) is 0 Å². The second kappa shape index (κ2) is 8.23. The van der Waals surface area contributed by atoms with Crippen molar-refractivity contribution < 1.29 is 61.6 Å². The maximum atomic E-state index is 9.55. The first-order chi connectivity index (χ1) is 3.42. The Bertz CT molecular complexity index is 172. The van der Waals surface area contributed by atoms with E-state index < -0.39 is 23.2 Å². The van der Waals surface area contributed by atoms with Gasteiger partial charge in [0.15, 0.2) is 0 Å². The van der Waals surface area contributed by atoms with Gasteiger partial charge in [0.05, 0.1) is 0 Å². The number of phosphoric acid groups is 1. The van der Waals surface area contributed by atoms with Crippen LogP contribution < -0.4 is 0 Å². The Morgan fingerprint density at radius 1 is 1.30 bits per heavy atom. The minimum atomic E-state index is -4.78. The van der Waals surface area contributed by atoms with Crippen LogP contribution >= 0.6 is 7.82 Å². The molecular formula is H3KMoO6PV. The van der Waals surface area contributed by atoms with Crippen LogP contribution in [-0.2, 0) is 51.8 Å². The fourth-order valence-electron chi connectivity index (χ4n) is 0.0868. The Morgan fingerprint density at radius 2 is 1.60 bits per heavy atom. The summed E-state index contributed by atoms with van der Waals surface area (Å²) in [5, 5.41) is 0. The molecule has 0 aliphatic rings. The third-order valence-corrected chi connectivity index (χ3v) is 2.14. The van der Waals surface area contributed by atoms with Gasteiger partial charge in [0, 0.05) is 21.1 Å². The van der Waals surface area contributed by atoms with Gasteiger partial charge in [-0.15, -0.1) is 0 Å². The van der Waals surface area contributed by atoms with E-state index in [-0.39, 0.29) is 72.4 Å². The van der Waals surface area contributed by atoms with E-state index in [0.717, 1.165) is 0 Å². The molecule has 0 saturated heterocycles. The summed E-state index contributed by atoms with van der Waals surface area (Å²) in [7, 11) is -4.78. The van der Waals surface area contributed by atoms with Crippen molar-refractivity contribution in [3.05, 3.63) is 0 Å². The first-order valence-corrected chi connectivity index (χ1v) is 4.55. The summed E-state index contributed by atoms with van der Waals surface area (Å²) < 4.78 is 31.5. The molecule has 0 aromatic carbocycles. The van der Waals surface area contributed by atoms with Gasteiger partial charge in [-0.2, -0.15) is 0 Å². The zero-order chi connectivity index (χ0) is 6.78. The molecular weight excluding hydrogens is 313 g/mol. The molecule has 10 heavy (non-hydrogen) atoms. The zero-order valence-electron chi connectivity index (χ0n) is 3.83. The predicted molar refractivity (Wildman–Crippen MR) is 21.7 cm³/mol. The topological polar surface area (TPSA) is 101 Å². The van der Waals surface area contributed by atoms with E-state index in [1.165, 1.54) is 0 Å². The monoisotopic (exact) mass is 318 g/mol. The molecule has 0 bridgehead atoms. The number of hydrogen-bond acceptors (Lipinski definition) is 4. The molecule has 0 unspecified atom stereocenters. The van der Waals surface area contributed by atoms with E-state index in [9.17, 15) is 11.9 Å². The average Bonchev–Trinajstić information content (AvgIpc) is 1.21. The second-order valence-corrected chi connectivity index (χ2v) is 3.40. The summed E-state index contributed by atoms with van der Waals surface area (Å²) in [6, 6.07) is 0. The molecule has 0 radical (unpaired) electrons. The van der Waals surface area contributed by atoms with Gasteiger partial charge in [0.2, 0.25) is 0 Å². The van der Waals surface area contributed by atoms with E-state index in [1.54, 1.807) is 0 Å². The van der Waals surface area contributed by atoms with Gasteiger partial charge < -0.3 is 0 Å². The Hall–Kier alpha value is 2.62. The van der Waals surface area contributed by atoms with Crippen LogP contribution in [-0.4, -0.2) is 61.2 Å². The quantitative estimate of drug-likeness (QED) is 0.483. The minimum absolute atomic E-state index is 0. The molecule has 0 aromatic heterocycles. The van der Waals surface area contributed by atoms with Crippen molar-refractivity contribution in [2.75, 3.05) is 0 Å². The third-order valence-electron chi connectivity index (χ3n) is 0.173. The molecule has 0 rings (SSSR count). The first kappa shape index (κ1) is 18.4. The molecule has 10 heteroatoms. The van der Waals surface area contributed by atoms with Gasteiger partial charge in [-0.05, 0) is 0 Å². The molecule has 0 saturated carbocycles. The molecule has 0 aromatic rings. The van der Waals surface area contributed by atoms with Crippen LogP contribution in [0.2, 0.25) is 0 Å². The van der Waals surface area contributed by atoms with Gasteiger partial charge in [0.1, 0.15) is 0 Å². The fourth-order valence-corrected chi connectivity index (χ4v) is 1.07. The summed E-state index contributed by atoms with van der Waals surface area (Å²) in [5.41, 5.74) is 0. The Balaban J connectivity index is -0.000000245.